The van der Waals surface area contributed by atoms with Gasteiger partial charge in [0.15, 0.2) is 6.79 Å². The Kier molecular flexibility index (Phi) is 6.96. The van der Waals surface area contributed by atoms with Crippen LogP contribution in [0.3, 0.4) is 0 Å². The van der Waals surface area contributed by atoms with E-state index >= 15 is 0 Å². The van der Waals surface area contributed by atoms with Gasteiger partial charge in [-0.25, -0.2) is 0 Å². The molecule has 1 aromatic rings. The molecule has 0 bridgehead atoms. The van der Waals surface area contributed by atoms with Gasteiger partial charge in [0.05, 0.1) is 11.6 Å². The third kappa shape index (κ3) is 4.91. The number of hydrogen-bond acceptors (Lipinski definition) is 4. The first kappa shape index (κ1) is 14.3. The van der Waals surface area contributed by atoms with E-state index < -0.39 is 0 Å². The molecular weight excluding hydrogens is 242 g/mol. The summed E-state index contributed by atoms with van der Waals surface area (Å²) in [5.74, 6) is 0.668. The zero-order valence-electron chi connectivity index (χ0n) is 10.2. The molecular formula is C12H18ClNO3. The second kappa shape index (κ2) is 8.31. The first-order valence-corrected chi connectivity index (χ1v) is 5.76. The molecule has 0 saturated carbocycles. The second-order valence-corrected chi connectivity index (χ2v) is 3.86. The lowest BCUT2D eigenvalue weighted by atomic mass is 10.2. The van der Waals surface area contributed by atoms with Crippen molar-refractivity contribution in [3.8, 4) is 5.75 Å². The van der Waals surface area contributed by atoms with E-state index in [0.717, 1.165) is 12.1 Å². The largest absolute Gasteiger partial charge is 0.466 e. The van der Waals surface area contributed by atoms with E-state index in [9.17, 15) is 0 Å². The average molecular weight is 260 g/mol. The number of methoxy groups -OCH3 is 2. The van der Waals surface area contributed by atoms with E-state index in [1.165, 1.54) is 0 Å². The normalized spacial score (nSPS) is 10.5. The monoisotopic (exact) mass is 259 g/mol. The average Bonchev–Trinajstić information content (AvgIpc) is 2.34. The smallest absolute Gasteiger partial charge is 0.188 e. The zero-order chi connectivity index (χ0) is 12.5. The highest BCUT2D eigenvalue weighted by molar-refractivity contribution is 6.32. The SMILES string of the molecule is COCCNCc1cccc(Cl)c1OCOC. The van der Waals surface area contributed by atoms with Crippen LogP contribution in [0.4, 0.5) is 0 Å². The number of rotatable bonds is 8. The molecule has 0 aromatic heterocycles. The molecule has 0 spiro atoms. The van der Waals surface area contributed by atoms with Gasteiger partial charge in [-0.2, -0.15) is 0 Å². The van der Waals surface area contributed by atoms with Gasteiger partial charge < -0.3 is 19.5 Å². The van der Waals surface area contributed by atoms with Crippen LogP contribution in [0.1, 0.15) is 5.56 Å². The molecule has 0 aliphatic carbocycles. The number of ether oxygens (including phenoxy) is 3. The molecule has 0 amide bonds. The topological polar surface area (TPSA) is 39.7 Å². The summed E-state index contributed by atoms with van der Waals surface area (Å²) in [6.07, 6.45) is 0. The molecule has 1 N–H and O–H groups in total. The van der Waals surface area contributed by atoms with Crippen molar-refractivity contribution < 1.29 is 14.2 Å². The Hall–Kier alpha value is -0.810. The minimum Gasteiger partial charge on any atom is -0.466 e. The Bertz CT molecular complexity index is 334. The summed E-state index contributed by atoms with van der Waals surface area (Å²) in [6.45, 7) is 2.33. The summed E-state index contributed by atoms with van der Waals surface area (Å²) in [5, 5.41) is 3.83. The highest BCUT2D eigenvalue weighted by atomic mass is 35.5. The predicted octanol–water partition coefficient (Wildman–Crippen LogP) is 2.06. The Morgan fingerprint density at radius 1 is 1.24 bits per heavy atom. The van der Waals surface area contributed by atoms with Gasteiger partial charge in [0.2, 0.25) is 0 Å². The minimum atomic E-state index is 0.189. The third-order valence-electron chi connectivity index (χ3n) is 2.17. The number of benzene rings is 1. The quantitative estimate of drug-likeness (QED) is 0.573. The zero-order valence-corrected chi connectivity index (χ0v) is 10.9. The molecule has 0 saturated heterocycles. The Morgan fingerprint density at radius 3 is 2.76 bits per heavy atom. The van der Waals surface area contributed by atoms with Crippen molar-refractivity contribution in [3.05, 3.63) is 28.8 Å². The van der Waals surface area contributed by atoms with E-state index in [-0.39, 0.29) is 6.79 Å². The van der Waals surface area contributed by atoms with Gasteiger partial charge in [-0.1, -0.05) is 23.7 Å². The van der Waals surface area contributed by atoms with Crippen molar-refractivity contribution >= 4 is 11.6 Å². The minimum absolute atomic E-state index is 0.189. The Balaban J connectivity index is 2.59. The van der Waals surface area contributed by atoms with Crippen LogP contribution in [0, 0.1) is 0 Å². The summed E-state index contributed by atoms with van der Waals surface area (Å²) < 4.78 is 15.3. The number of hydrogen-bond donors (Lipinski definition) is 1. The first-order valence-electron chi connectivity index (χ1n) is 5.38. The fourth-order valence-corrected chi connectivity index (χ4v) is 1.62. The fourth-order valence-electron chi connectivity index (χ4n) is 1.37. The van der Waals surface area contributed by atoms with Crippen molar-refractivity contribution in [1.82, 2.24) is 5.32 Å². The molecule has 1 rings (SSSR count). The van der Waals surface area contributed by atoms with Gasteiger partial charge >= 0.3 is 0 Å². The maximum absolute atomic E-state index is 6.07. The summed E-state index contributed by atoms with van der Waals surface area (Å²) >= 11 is 6.07. The highest BCUT2D eigenvalue weighted by Gasteiger charge is 2.07. The maximum atomic E-state index is 6.07. The van der Waals surface area contributed by atoms with Crippen molar-refractivity contribution in [2.45, 2.75) is 6.54 Å². The summed E-state index contributed by atoms with van der Waals surface area (Å²) in [7, 11) is 3.25. The lowest BCUT2D eigenvalue weighted by Gasteiger charge is -2.13. The van der Waals surface area contributed by atoms with Crippen LogP contribution in [0.5, 0.6) is 5.75 Å². The van der Waals surface area contributed by atoms with Crippen molar-refractivity contribution in [2.24, 2.45) is 0 Å². The van der Waals surface area contributed by atoms with Crippen LogP contribution >= 0.6 is 11.6 Å². The Morgan fingerprint density at radius 2 is 2.06 bits per heavy atom. The number of nitrogens with one attached hydrogen (secondary N) is 1. The first-order chi connectivity index (χ1) is 8.29. The molecule has 4 nitrogen and oxygen atoms in total. The summed E-state index contributed by atoms with van der Waals surface area (Å²) in [4.78, 5) is 0. The van der Waals surface area contributed by atoms with Gasteiger partial charge in [0, 0.05) is 32.9 Å². The molecule has 0 heterocycles. The van der Waals surface area contributed by atoms with Gasteiger partial charge in [-0.15, -0.1) is 0 Å². The van der Waals surface area contributed by atoms with Crippen molar-refractivity contribution in [2.75, 3.05) is 34.2 Å². The van der Waals surface area contributed by atoms with Crippen LogP contribution in [0.15, 0.2) is 18.2 Å². The van der Waals surface area contributed by atoms with E-state index in [1.807, 2.05) is 12.1 Å². The lowest BCUT2D eigenvalue weighted by Crippen LogP contribution is -2.19. The molecule has 0 atom stereocenters. The van der Waals surface area contributed by atoms with E-state index in [0.29, 0.717) is 23.9 Å². The molecule has 0 aliphatic heterocycles. The molecule has 96 valence electrons. The van der Waals surface area contributed by atoms with Crippen molar-refractivity contribution in [3.63, 3.8) is 0 Å². The summed E-state index contributed by atoms with van der Waals surface area (Å²) in [5.41, 5.74) is 1.01. The van der Waals surface area contributed by atoms with Crippen LogP contribution in [-0.4, -0.2) is 34.2 Å². The van der Waals surface area contributed by atoms with Gasteiger partial charge in [-0.3, -0.25) is 0 Å². The Labute approximate surface area is 107 Å². The number of halogens is 1. The third-order valence-corrected chi connectivity index (χ3v) is 2.47. The van der Waals surface area contributed by atoms with Crippen LogP contribution in [-0.2, 0) is 16.0 Å². The van der Waals surface area contributed by atoms with Crippen molar-refractivity contribution in [1.29, 1.82) is 0 Å². The predicted molar refractivity (Wildman–Crippen MR) is 67.5 cm³/mol. The fraction of sp³-hybridized carbons (Fsp3) is 0.500. The molecule has 0 aliphatic rings. The lowest BCUT2D eigenvalue weighted by molar-refractivity contribution is 0.0504. The number of para-hydroxylation sites is 1. The molecule has 1 aromatic carbocycles. The molecule has 0 radical (unpaired) electrons. The van der Waals surface area contributed by atoms with Crippen LogP contribution < -0.4 is 10.1 Å². The highest BCUT2D eigenvalue weighted by Crippen LogP contribution is 2.28. The van der Waals surface area contributed by atoms with Crippen LogP contribution in [0.25, 0.3) is 0 Å². The van der Waals surface area contributed by atoms with Gasteiger partial charge in [0.1, 0.15) is 5.75 Å². The van der Waals surface area contributed by atoms with E-state index in [1.54, 1.807) is 20.3 Å². The second-order valence-electron chi connectivity index (χ2n) is 3.45. The maximum Gasteiger partial charge on any atom is 0.188 e. The van der Waals surface area contributed by atoms with Gasteiger partial charge in [0.25, 0.3) is 0 Å². The van der Waals surface area contributed by atoms with Crippen LogP contribution in [0.2, 0.25) is 5.02 Å². The summed E-state index contributed by atoms with van der Waals surface area (Å²) in [6, 6.07) is 5.66. The van der Waals surface area contributed by atoms with E-state index in [2.05, 4.69) is 5.32 Å². The molecule has 5 heteroatoms. The molecule has 17 heavy (non-hydrogen) atoms. The molecule has 0 fully saturated rings. The molecule has 0 unspecified atom stereocenters. The standard InChI is InChI=1S/C12H18ClNO3/c1-15-7-6-14-8-10-4-3-5-11(13)12(10)17-9-16-2/h3-5,14H,6-9H2,1-2H3. The van der Waals surface area contributed by atoms with E-state index in [4.69, 9.17) is 25.8 Å². The van der Waals surface area contributed by atoms with Gasteiger partial charge in [-0.05, 0) is 6.07 Å².